The van der Waals surface area contributed by atoms with Gasteiger partial charge in [-0.15, -0.1) is 11.6 Å². The van der Waals surface area contributed by atoms with E-state index in [1.54, 1.807) is 0 Å². The van der Waals surface area contributed by atoms with Crippen molar-refractivity contribution < 1.29 is 4.74 Å². The number of aromatic nitrogens is 1. The van der Waals surface area contributed by atoms with Crippen LogP contribution < -0.4 is 4.90 Å². The van der Waals surface area contributed by atoms with Crippen molar-refractivity contribution in [2.75, 3.05) is 24.7 Å². The van der Waals surface area contributed by atoms with Gasteiger partial charge in [0.2, 0.25) is 0 Å². The number of hydrogen-bond donors (Lipinski definition) is 0. The van der Waals surface area contributed by atoms with Crippen LogP contribution in [0, 0.1) is 0 Å². The summed E-state index contributed by atoms with van der Waals surface area (Å²) in [5, 5.41) is 0. The summed E-state index contributed by atoms with van der Waals surface area (Å²) in [5.41, 5.74) is 1.06. The Kier molecular flexibility index (Phi) is 3.36. The summed E-state index contributed by atoms with van der Waals surface area (Å²) >= 11 is 5.75. The monoisotopic (exact) mass is 240 g/mol. The molecule has 0 saturated carbocycles. The van der Waals surface area contributed by atoms with Gasteiger partial charge in [-0.3, -0.25) is 0 Å². The van der Waals surface area contributed by atoms with Gasteiger partial charge in [0, 0.05) is 18.6 Å². The summed E-state index contributed by atoms with van der Waals surface area (Å²) in [7, 11) is 0. The molecule has 16 heavy (non-hydrogen) atoms. The number of alkyl halides is 1. The van der Waals surface area contributed by atoms with Crippen molar-refractivity contribution in [3.63, 3.8) is 0 Å². The zero-order valence-corrected chi connectivity index (χ0v) is 10.5. The molecule has 1 fully saturated rings. The zero-order valence-electron chi connectivity index (χ0n) is 9.74. The highest BCUT2D eigenvalue weighted by Crippen LogP contribution is 2.25. The standard InChI is InChI=1S/C12H17ClN2O/c1-12(2)9-16-6-5-15(12)11-4-3-10(7-13)8-14-11/h3-4,8H,5-7,9H2,1-2H3. The van der Waals surface area contributed by atoms with Crippen molar-refractivity contribution in [2.45, 2.75) is 25.3 Å². The Labute approximate surface area is 101 Å². The maximum Gasteiger partial charge on any atom is 0.129 e. The molecule has 1 aliphatic heterocycles. The lowest BCUT2D eigenvalue weighted by molar-refractivity contribution is 0.0639. The van der Waals surface area contributed by atoms with Gasteiger partial charge in [0.25, 0.3) is 0 Å². The van der Waals surface area contributed by atoms with Crippen LogP contribution in [0.25, 0.3) is 0 Å². The molecule has 3 nitrogen and oxygen atoms in total. The fraction of sp³-hybridized carbons (Fsp3) is 0.583. The molecule has 1 aromatic heterocycles. The number of morpholine rings is 1. The Morgan fingerprint density at radius 2 is 2.31 bits per heavy atom. The molecule has 0 amide bonds. The van der Waals surface area contributed by atoms with Crippen LogP contribution >= 0.6 is 11.6 Å². The first-order valence-electron chi connectivity index (χ1n) is 5.50. The summed E-state index contributed by atoms with van der Waals surface area (Å²) < 4.78 is 5.49. The lowest BCUT2D eigenvalue weighted by Gasteiger charge is -2.42. The quantitative estimate of drug-likeness (QED) is 0.743. The minimum Gasteiger partial charge on any atom is -0.377 e. The Morgan fingerprint density at radius 3 is 2.88 bits per heavy atom. The molecular weight excluding hydrogens is 224 g/mol. The molecule has 0 N–H and O–H groups in total. The molecule has 4 heteroatoms. The molecule has 2 rings (SSSR count). The summed E-state index contributed by atoms with van der Waals surface area (Å²) in [6, 6.07) is 4.06. The average molecular weight is 241 g/mol. The fourth-order valence-electron chi connectivity index (χ4n) is 1.94. The molecule has 0 bridgehead atoms. The lowest BCUT2D eigenvalue weighted by atomic mass is 10.0. The van der Waals surface area contributed by atoms with E-state index in [9.17, 15) is 0 Å². The van der Waals surface area contributed by atoms with Crippen LogP contribution in [0.1, 0.15) is 19.4 Å². The molecular formula is C12H17ClN2O. The predicted octanol–water partition coefficient (Wildman–Crippen LogP) is 2.44. The van der Waals surface area contributed by atoms with Crippen molar-refractivity contribution in [1.29, 1.82) is 0 Å². The first kappa shape index (κ1) is 11.7. The third kappa shape index (κ3) is 2.30. The van der Waals surface area contributed by atoms with Crippen molar-refractivity contribution in [3.05, 3.63) is 23.9 Å². The minimum atomic E-state index is 0.00767. The van der Waals surface area contributed by atoms with Crippen LogP contribution in [0.3, 0.4) is 0 Å². The second kappa shape index (κ2) is 4.60. The summed E-state index contributed by atoms with van der Waals surface area (Å²) in [6.07, 6.45) is 1.84. The molecule has 0 aromatic carbocycles. The number of ether oxygens (including phenoxy) is 1. The Morgan fingerprint density at radius 1 is 1.50 bits per heavy atom. The summed E-state index contributed by atoms with van der Waals surface area (Å²) in [4.78, 5) is 6.74. The van der Waals surface area contributed by atoms with Gasteiger partial charge in [0.15, 0.2) is 0 Å². The van der Waals surface area contributed by atoms with E-state index in [0.29, 0.717) is 5.88 Å². The van der Waals surface area contributed by atoms with Gasteiger partial charge >= 0.3 is 0 Å². The van der Waals surface area contributed by atoms with Gasteiger partial charge in [-0.1, -0.05) is 6.07 Å². The van der Waals surface area contributed by atoms with Gasteiger partial charge in [-0.25, -0.2) is 4.98 Å². The van der Waals surface area contributed by atoms with E-state index < -0.39 is 0 Å². The predicted molar refractivity (Wildman–Crippen MR) is 66.0 cm³/mol. The summed E-state index contributed by atoms with van der Waals surface area (Å²) in [5.74, 6) is 1.52. The van der Waals surface area contributed by atoms with Gasteiger partial charge in [0.1, 0.15) is 5.82 Å². The zero-order chi connectivity index (χ0) is 11.6. The molecule has 88 valence electrons. The van der Waals surface area contributed by atoms with E-state index in [4.69, 9.17) is 16.3 Å². The summed E-state index contributed by atoms with van der Waals surface area (Å²) in [6.45, 7) is 6.74. The Balaban J connectivity index is 2.21. The third-order valence-electron chi connectivity index (χ3n) is 2.89. The largest absolute Gasteiger partial charge is 0.377 e. The van der Waals surface area contributed by atoms with Crippen molar-refractivity contribution >= 4 is 17.4 Å². The number of halogens is 1. The van der Waals surface area contributed by atoms with Gasteiger partial charge in [-0.05, 0) is 25.5 Å². The van der Waals surface area contributed by atoms with E-state index in [0.717, 1.165) is 31.1 Å². The first-order chi connectivity index (χ1) is 7.63. The molecule has 2 heterocycles. The molecule has 1 aromatic rings. The second-order valence-electron chi connectivity index (χ2n) is 4.67. The number of hydrogen-bond acceptors (Lipinski definition) is 3. The molecule has 0 aliphatic carbocycles. The minimum absolute atomic E-state index is 0.00767. The highest BCUT2D eigenvalue weighted by atomic mass is 35.5. The lowest BCUT2D eigenvalue weighted by Crippen LogP contribution is -2.53. The van der Waals surface area contributed by atoms with E-state index in [-0.39, 0.29) is 5.54 Å². The fourth-order valence-corrected chi connectivity index (χ4v) is 2.10. The second-order valence-corrected chi connectivity index (χ2v) is 4.94. The molecule has 0 atom stereocenters. The third-order valence-corrected chi connectivity index (χ3v) is 3.19. The van der Waals surface area contributed by atoms with Gasteiger partial charge < -0.3 is 9.64 Å². The van der Waals surface area contributed by atoms with Crippen molar-refractivity contribution in [1.82, 2.24) is 4.98 Å². The highest BCUT2D eigenvalue weighted by Gasteiger charge is 2.31. The van der Waals surface area contributed by atoms with Crippen LogP contribution in [0.4, 0.5) is 5.82 Å². The maximum atomic E-state index is 5.75. The molecule has 1 aliphatic rings. The van der Waals surface area contributed by atoms with E-state index in [1.807, 2.05) is 18.3 Å². The van der Waals surface area contributed by atoms with Crippen LogP contribution in [-0.4, -0.2) is 30.3 Å². The molecule has 0 radical (unpaired) electrons. The highest BCUT2D eigenvalue weighted by molar-refractivity contribution is 6.17. The van der Waals surface area contributed by atoms with E-state index in [2.05, 4.69) is 23.7 Å². The normalized spacial score (nSPS) is 19.8. The number of rotatable bonds is 2. The molecule has 1 saturated heterocycles. The smallest absolute Gasteiger partial charge is 0.129 e. The van der Waals surface area contributed by atoms with E-state index in [1.165, 1.54) is 0 Å². The van der Waals surface area contributed by atoms with Crippen molar-refractivity contribution in [2.24, 2.45) is 0 Å². The van der Waals surface area contributed by atoms with Crippen molar-refractivity contribution in [3.8, 4) is 0 Å². The van der Waals surface area contributed by atoms with Crippen LogP contribution in [0.5, 0.6) is 0 Å². The Bertz CT molecular complexity index is 351. The maximum absolute atomic E-state index is 5.75. The first-order valence-corrected chi connectivity index (χ1v) is 6.03. The Hall–Kier alpha value is -0.800. The number of nitrogens with zero attached hydrogens (tertiary/aromatic N) is 2. The van der Waals surface area contributed by atoms with Gasteiger partial charge in [0.05, 0.1) is 18.8 Å². The van der Waals surface area contributed by atoms with Crippen LogP contribution in [0.2, 0.25) is 0 Å². The van der Waals surface area contributed by atoms with Crippen LogP contribution in [0.15, 0.2) is 18.3 Å². The SMILES string of the molecule is CC1(C)COCCN1c1ccc(CCl)cn1. The molecule has 0 spiro atoms. The van der Waals surface area contributed by atoms with Gasteiger partial charge in [-0.2, -0.15) is 0 Å². The molecule has 0 unspecified atom stereocenters. The van der Waals surface area contributed by atoms with E-state index >= 15 is 0 Å². The van der Waals surface area contributed by atoms with Crippen LogP contribution in [-0.2, 0) is 10.6 Å². The topological polar surface area (TPSA) is 25.4 Å². The average Bonchev–Trinajstić information content (AvgIpc) is 2.29. The number of pyridine rings is 1. The number of anilines is 1.